The SMILES string of the molecule is CC/C=C/C=C/C=C/C=C/CCCCCCCC(=O)OC[C@H](COP(=O)(O)OC1C(O)C(O)C(O)[C@@H](O)C1O)OC(=O)CCCCCCCCCCCCCCCCCCCCCCCCC. The third-order valence-corrected chi connectivity index (χ3v) is 13.3. The second-order valence-corrected chi connectivity index (χ2v) is 19.9. The molecule has 0 aromatic rings. The lowest BCUT2D eigenvalue weighted by Gasteiger charge is -2.41. The van der Waals surface area contributed by atoms with Gasteiger partial charge in [-0.05, 0) is 32.1 Å². The highest BCUT2D eigenvalue weighted by atomic mass is 31.2. The Balaban J connectivity index is 2.36. The lowest BCUT2D eigenvalue weighted by Crippen LogP contribution is -2.64. The number of rotatable bonds is 44. The van der Waals surface area contributed by atoms with Crippen molar-refractivity contribution < 1.29 is 63.1 Å². The van der Waals surface area contributed by atoms with Crippen LogP contribution in [-0.2, 0) is 32.7 Å². The van der Waals surface area contributed by atoms with Crippen molar-refractivity contribution in [3.8, 4) is 0 Å². The minimum atomic E-state index is -5.13. The van der Waals surface area contributed by atoms with Crippen molar-refractivity contribution in [3.63, 3.8) is 0 Å². The third-order valence-electron chi connectivity index (χ3n) is 12.3. The number of ether oxygens (including phenoxy) is 2. The van der Waals surface area contributed by atoms with Gasteiger partial charge in [-0.2, -0.15) is 0 Å². The molecule has 1 aliphatic carbocycles. The summed E-state index contributed by atoms with van der Waals surface area (Å²) in [7, 11) is -5.13. The molecule has 67 heavy (non-hydrogen) atoms. The van der Waals surface area contributed by atoms with E-state index in [0.29, 0.717) is 12.8 Å². The zero-order chi connectivity index (χ0) is 49.2. The monoisotopic (exact) mass is 971 g/mol. The third kappa shape index (κ3) is 34.7. The molecule has 0 spiro atoms. The molecule has 14 heteroatoms. The molecule has 0 amide bonds. The lowest BCUT2D eigenvalue weighted by atomic mass is 9.85. The van der Waals surface area contributed by atoms with E-state index in [0.717, 1.165) is 64.2 Å². The number of hydrogen-bond donors (Lipinski definition) is 6. The van der Waals surface area contributed by atoms with Gasteiger partial charge in [0.1, 0.15) is 43.2 Å². The van der Waals surface area contributed by atoms with Gasteiger partial charge in [0, 0.05) is 12.8 Å². The molecule has 0 bridgehead atoms. The largest absolute Gasteiger partial charge is 0.472 e. The average Bonchev–Trinajstić information content (AvgIpc) is 3.31. The first-order valence-electron chi connectivity index (χ1n) is 26.5. The zero-order valence-electron chi connectivity index (χ0n) is 41.7. The molecule has 0 aliphatic heterocycles. The first kappa shape index (κ1) is 62.8. The maximum Gasteiger partial charge on any atom is 0.472 e. The quantitative estimate of drug-likeness (QED) is 0.0145. The number of carbonyl (C=O) groups excluding carboxylic acids is 2. The van der Waals surface area contributed by atoms with E-state index in [1.807, 2.05) is 36.5 Å². The number of esters is 2. The van der Waals surface area contributed by atoms with Crippen LogP contribution < -0.4 is 0 Å². The average molecular weight is 971 g/mol. The van der Waals surface area contributed by atoms with Crippen LogP contribution in [-0.4, -0.2) is 98.3 Å². The van der Waals surface area contributed by atoms with Crippen LogP contribution in [0.25, 0.3) is 0 Å². The van der Waals surface area contributed by atoms with E-state index in [4.69, 9.17) is 18.5 Å². The fourth-order valence-electron chi connectivity index (χ4n) is 8.06. The van der Waals surface area contributed by atoms with Crippen LogP contribution in [0.1, 0.15) is 219 Å². The minimum absolute atomic E-state index is 0.0935. The standard InChI is InChI=1S/C53H95O13P/c1-3-5-7-9-11-13-15-17-19-20-21-22-23-24-25-26-28-30-32-34-36-38-40-42-47(55)65-45(44-64-67(61,62)66-53-51(59)49(57)48(56)50(58)52(53)60)43-63-46(54)41-39-37-35-33-31-29-27-18-16-14-12-10-8-6-4-2/h6,8,10,12,14,16,18,27,45,48-53,56-60H,3-5,7,9,11,13,15,17,19-26,28-44H2,1-2H3,(H,61,62)/b8-6+,12-10+,16-14+,27-18+/t45-,48?,49-,50?,51?,52?,53?/m1/s1. The predicted molar refractivity (Wildman–Crippen MR) is 267 cm³/mol. The molecule has 1 rings (SSSR count). The molecule has 1 fully saturated rings. The van der Waals surface area contributed by atoms with Gasteiger partial charge in [0.25, 0.3) is 0 Å². The van der Waals surface area contributed by atoms with Gasteiger partial charge in [-0.25, -0.2) is 4.57 Å². The number of hydrogen-bond acceptors (Lipinski definition) is 12. The summed E-state index contributed by atoms with van der Waals surface area (Å²) in [5, 5.41) is 50.3. The van der Waals surface area contributed by atoms with Crippen LogP contribution in [0, 0.1) is 0 Å². The summed E-state index contributed by atoms with van der Waals surface area (Å²) >= 11 is 0. The molecule has 0 aromatic heterocycles. The van der Waals surface area contributed by atoms with Gasteiger partial charge >= 0.3 is 19.8 Å². The van der Waals surface area contributed by atoms with E-state index in [-0.39, 0.29) is 12.8 Å². The summed E-state index contributed by atoms with van der Waals surface area (Å²) in [6.07, 6.45) is 38.8. The molecule has 390 valence electrons. The van der Waals surface area contributed by atoms with Crippen molar-refractivity contribution >= 4 is 19.8 Å². The van der Waals surface area contributed by atoms with E-state index >= 15 is 0 Å². The predicted octanol–water partition coefficient (Wildman–Crippen LogP) is 11.5. The number of allylic oxidation sites excluding steroid dienone is 8. The number of aliphatic hydroxyl groups excluding tert-OH is 5. The summed E-state index contributed by atoms with van der Waals surface area (Å²) < 4.78 is 33.6. The molecule has 13 nitrogen and oxygen atoms in total. The van der Waals surface area contributed by atoms with E-state index in [1.54, 1.807) is 0 Å². The molecule has 0 saturated heterocycles. The molecule has 1 saturated carbocycles. The van der Waals surface area contributed by atoms with Crippen molar-refractivity contribution in [1.82, 2.24) is 0 Å². The number of phosphoric acid groups is 1. The summed E-state index contributed by atoms with van der Waals surface area (Å²) in [4.78, 5) is 35.8. The number of unbranched alkanes of at least 4 members (excludes halogenated alkanes) is 27. The van der Waals surface area contributed by atoms with Crippen LogP contribution >= 0.6 is 7.82 Å². The van der Waals surface area contributed by atoms with E-state index in [1.165, 1.54) is 116 Å². The Kier molecular flexibility index (Phi) is 40.0. The minimum Gasteiger partial charge on any atom is -0.462 e. The van der Waals surface area contributed by atoms with Crippen LogP contribution in [0.15, 0.2) is 48.6 Å². The highest BCUT2D eigenvalue weighted by Gasteiger charge is 2.51. The van der Waals surface area contributed by atoms with Crippen molar-refractivity contribution in [2.24, 2.45) is 0 Å². The number of carbonyl (C=O) groups is 2. The Hall–Kier alpha value is -2.19. The van der Waals surface area contributed by atoms with Crippen molar-refractivity contribution in [1.29, 1.82) is 0 Å². The molecule has 6 unspecified atom stereocenters. The second kappa shape index (κ2) is 42.7. The maximum absolute atomic E-state index is 12.9. The van der Waals surface area contributed by atoms with Gasteiger partial charge in [0.05, 0.1) is 6.61 Å². The highest BCUT2D eigenvalue weighted by molar-refractivity contribution is 7.47. The van der Waals surface area contributed by atoms with Gasteiger partial charge in [-0.3, -0.25) is 18.6 Å². The first-order chi connectivity index (χ1) is 32.4. The topological polar surface area (TPSA) is 210 Å². The Morgan fingerprint density at radius 3 is 1.30 bits per heavy atom. The summed E-state index contributed by atoms with van der Waals surface area (Å²) in [5.41, 5.74) is 0. The molecule has 0 heterocycles. The fourth-order valence-corrected chi connectivity index (χ4v) is 9.04. The molecular weight excluding hydrogens is 876 g/mol. The van der Waals surface area contributed by atoms with Crippen molar-refractivity contribution in [3.05, 3.63) is 48.6 Å². The van der Waals surface area contributed by atoms with E-state index in [9.17, 15) is 44.6 Å². The number of phosphoric ester groups is 1. The molecule has 0 radical (unpaired) electrons. The smallest absolute Gasteiger partial charge is 0.462 e. The molecule has 8 atom stereocenters. The van der Waals surface area contributed by atoms with Crippen LogP contribution in [0.5, 0.6) is 0 Å². The van der Waals surface area contributed by atoms with E-state index < -0.39 is 75.7 Å². The Morgan fingerprint density at radius 2 is 0.851 bits per heavy atom. The second-order valence-electron chi connectivity index (χ2n) is 18.5. The molecule has 6 N–H and O–H groups in total. The molecule has 1 aliphatic rings. The van der Waals surface area contributed by atoms with Gasteiger partial charge in [-0.1, -0.05) is 223 Å². The normalized spacial score (nSPS) is 21.5. The van der Waals surface area contributed by atoms with Gasteiger partial charge in [0.2, 0.25) is 0 Å². The highest BCUT2D eigenvalue weighted by Crippen LogP contribution is 2.47. The lowest BCUT2D eigenvalue weighted by molar-refractivity contribution is -0.220. The van der Waals surface area contributed by atoms with Crippen molar-refractivity contribution in [2.75, 3.05) is 13.2 Å². The van der Waals surface area contributed by atoms with Crippen LogP contribution in [0.4, 0.5) is 0 Å². The zero-order valence-corrected chi connectivity index (χ0v) is 42.6. The Morgan fingerprint density at radius 1 is 0.478 bits per heavy atom. The first-order valence-corrected chi connectivity index (χ1v) is 28.0. The van der Waals surface area contributed by atoms with Crippen LogP contribution in [0.2, 0.25) is 0 Å². The summed E-state index contributed by atoms with van der Waals surface area (Å²) in [6, 6.07) is 0. The van der Waals surface area contributed by atoms with Crippen LogP contribution in [0.3, 0.4) is 0 Å². The van der Waals surface area contributed by atoms with E-state index in [2.05, 4.69) is 26.0 Å². The van der Waals surface area contributed by atoms with Gasteiger partial charge in [-0.15, -0.1) is 0 Å². The van der Waals surface area contributed by atoms with Gasteiger partial charge < -0.3 is 39.9 Å². The molecular formula is C53H95O13P. The van der Waals surface area contributed by atoms with Gasteiger partial charge in [0.15, 0.2) is 6.10 Å². The van der Waals surface area contributed by atoms with Crippen molar-refractivity contribution in [2.45, 2.75) is 262 Å². The Bertz CT molecular complexity index is 1350. The summed E-state index contributed by atoms with van der Waals surface area (Å²) in [5.74, 6) is -1.12. The fraction of sp³-hybridized carbons (Fsp3) is 0.811. The molecule has 0 aromatic carbocycles. The summed E-state index contributed by atoms with van der Waals surface area (Å²) in [6.45, 7) is 3.17. The Labute approximate surface area is 405 Å². The number of aliphatic hydroxyl groups is 5. The maximum atomic E-state index is 12.9.